The molecule has 0 N–H and O–H groups in total. The highest BCUT2D eigenvalue weighted by molar-refractivity contribution is 7.25. The van der Waals surface area contributed by atoms with Gasteiger partial charge in [0.15, 0.2) is 0 Å². The summed E-state index contributed by atoms with van der Waals surface area (Å²) >= 11 is 1.93. The monoisotopic (exact) mass is 474 g/mol. The highest BCUT2D eigenvalue weighted by Gasteiger charge is 2.36. The fourth-order valence-electron chi connectivity index (χ4n) is 6.10. The maximum absolute atomic E-state index is 2.47. The molecule has 0 amide bonds. The predicted molar refractivity (Wildman–Crippen MR) is 154 cm³/mol. The third-order valence-corrected chi connectivity index (χ3v) is 9.45. The lowest BCUT2D eigenvalue weighted by Crippen LogP contribution is -2.21. The minimum Gasteiger partial charge on any atom is -0.135 e. The fourth-order valence-corrected chi connectivity index (χ4v) is 7.27. The van der Waals surface area contributed by atoms with Gasteiger partial charge in [-0.1, -0.05) is 115 Å². The van der Waals surface area contributed by atoms with Crippen molar-refractivity contribution in [1.82, 2.24) is 0 Å². The normalized spacial score (nSPS) is 14.9. The van der Waals surface area contributed by atoms with E-state index in [1.54, 1.807) is 0 Å². The van der Waals surface area contributed by atoms with Crippen LogP contribution >= 0.6 is 11.3 Å². The summed E-state index contributed by atoms with van der Waals surface area (Å²) < 4.78 is 2.77. The molecule has 176 valence electrons. The van der Waals surface area contributed by atoms with Crippen LogP contribution in [0, 0.1) is 0 Å². The Morgan fingerprint density at radius 3 is 2.09 bits per heavy atom. The molecule has 1 aromatic heterocycles. The first-order valence-corrected chi connectivity index (χ1v) is 13.5. The lowest BCUT2D eigenvalue weighted by molar-refractivity contribution is 0.596. The van der Waals surface area contributed by atoms with Crippen molar-refractivity contribution in [2.75, 3.05) is 0 Å². The molecule has 0 saturated heterocycles. The topological polar surface area (TPSA) is 0 Å². The van der Waals surface area contributed by atoms with Crippen LogP contribution < -0.4 is 0 Å². The average Bonchev–Trinajstić information content (AvgIpc) is 3.31. The van der Waals surface area contributed by atoms with Gasteiger partial charge >= 0.3 is 0 Å². The molecule has 0 atom stereocenters. The Morgan fingerprint density at radius 1 is 0.629 bits per heavy atom. The standard InChI is InChI=1S/C34H34S/c1-32(2,3)27-13-10-14-29-31(27)25-18-16-22(20-30(25)35-29)33(4,5)21-15-17-24-23-11-8-9-12-26(23)34(6,7)28(24)19-21/h8-20H,1-7H3. The van der Waals surface area contributed by atoms with E-state index in [-0.39, 0.29) is 16.2 Å². The van der Waals surface area contributed by atoms with Gasteiger partial charge in [-0.05, 0) is 56.5 Å². The summed E-state index contributed by atoms with van der Waals surface area (Å²) in [6.45, 7) is 16.4. The van der Waals surface area contributed by atoms with Gasteiger partial charge in [0.2, 0.25) is 0 Å². The van der Waals surface area contributed by atoms with Crippen molar-refractivity contribution in [3.05, 3.63) is 107 Å². The van der Waals surface area contributed by atoms with E-state index >= 15 is 0 Å². The molecule has 0 saturated carbocycles. The molecule has 1 heterocycles. The van der Waals surface area contributed by atoms with Gasteiger partial charge in [-0.25, -0.2) is 0 Å². The summed E-state index contributed by atoms with van der Waals surface area (Å²) in [6, 6.07) is 30.0. The maximum Gasteiger partial charge on any atom is 0.0358 e. The summed E-state index contributed by atoms with van der Waals surface area (Å²) in [5.74, 6) is 0. The van der Waals surface area contributed by atoms with E-state index in [1.807, 2.05) is 11.3 Å². The molecule has 5 aromatic rings. The van der Waals surface area contributed by atoms with Gasteiger partial charge in [0.1, 0.15) is 0 Å². The highest BCUT2D eigenvalue weighted by Crippen LogP contribution is 2.50. The minimum atomic E-state index is -0.0862. The second kappa shape index (κ2) is 7.31. The van der Waals surface area contributed by atoms with Crippen molar-refractivity contribution in [1.29, 1.82) is 0 Å². The molecule has 0 nitrogen and oxygen atoms in total. The molecule has 1 heteroatoms. The Morgan fingerprint density at radius 2 is 1.31 bits per heavy atom. The van der Waals surface area contributed by atoms with E-state index < -0.39 is 0 Å². The van der Waals surface area contributed by atoms with E-state index in [1.165, 1.54) is 59.1 Å². The number of rotatable bonds is 2. The molecule has 0 radical (unpaired) electrons. The Balaban J connectivity index is 1.48. The van der Waals surface area contributed by atoms with Crippen LogP contribution in [-0.4, -0.2) is 0 Å². The van der Waals surface area contributed by atoms with Crippen molar-refractivity contribution in [2.45, 2.75) is 64.7 Å². The summed E-state index contributed by atoms with van der Waals surface area (Å²) in [6.07, 6.45) is 0. The Kier molecular flexibility index (Phi) is 4.71. The highest BCUT2D eigenvalue weighted by atomic mass is 32.1. The SMILES string of the molecule is CC(C)(C)c1cccc2sc3cc(C(C)(C)c4ccc5c(c4)C(C)(C)c4ccccc4-5)ccc3c12. The molecule has 1 aliphatic rings. The molecule has 0 bridgehead atoms. The first-order valence-electron chi connectivity index (χ1n) is 12.7. The van der Waals surface area contributed by atoms with Gasteiger partial charge in [-0.3, -0.25) is 0 Å². The molecule has 0 unspecified atom stereocenters. The summed E-state index contributed by atoms with van der Waals surface area (Å²) in [5.41, 5.74) is 9.92. The van der Waals surface area contributed by atoms with Crippen molar-refractivity contribution in [2.24, 2.45) is 0 Å². The van der Waals surface area contributed by atoms with Gasteiger partial charge < -0.3 is 0 Å². The van der Waals surface area contributed by atoms with Crippen LogP contribution in [0.5, 0.6) is 0 Å². The first kappa shape index (κ1) is 22.6. The largest absolute Gasteiger partial charge is 0.135 e. The van der Waals surface area contributed by atoms with Crippen LogP contribution in [0.2, 0.25) is 0 Å². The summed E-state index contributed by atoms with van der Waals surface area (Å²) in [4.78, 5) is 0. The third kappa shape index (κ3) is 3.24. The predicted octanol–water partition coefficient (Wildman–Crippen LogP) is 9.98. The molecular weight excluding hydrogens is 440 g/mol. The minimum absolute atomic E-state index is 0.0246. The molecule has 4 aromatic carbocycles. The van der Waals surface area contributed by atoms with Crippen molar-refractivity contribution in [3.8, 4) is 11.1 Å². The Labute approximate surface area is 213 Å². The quantitative estimate of drug-likeness (QED) is 0.239. The lowest BCUT2D eigenvalue weighted by Gasteiger charge is -2.29. The lowest BCUT2D eigenvalue weighted by atomic mass is 9.75. The zero-order chi connectivity index (χ0) is 24.8. The van der Waals surface area contributed by atoms with Crippen molar-refractivity contribution < 1.29 is 0 Å². The van der Waals surface area contributed by atoms with Crippen LogP contribution in [0.15, 0.2) is 78.9 Å². The van der Waals surface area contributed by atoms with Crippen LogP contribution in [-0.2, 0) is 16.2 Å². The van der Waals surface area contributed by atoms with Gasteiger partial charge in [-0.15, -0.1) is 11.3 Å². The number of hydrogen-bond donors (Lipinski definition) is 0. The molecule has 6 rings (SSSR count). The van der Waals surface area contributed by atoms with E-state index in [0.717, 1.165) is 0 Å². The zero-order valence-electron chi connectivity index (χ0n) is 21.9. The first-order chi connectivity index (χ1) is 16.5. The Hall–Kier alpha value is -2.90. The average molecular weight is 475 g/mol. The van der Waals surface area contributed by atoms with Gasteiger partial charge in [-0.2, -0.15) is 0 Å². The van der Waals surface area contributed by atoms with E-state index in [9.17, 15) is 0 Å². The number of thiophene rings is 1. The van der Waals surface area contributed by atoms with E-state index in [0.29, 0.717) is 0 Å². The number of hydrogen-bond acceptors (Lipinski definition) is 1. The molecular formula is C34H34S. The van der Waals surface area contributed by atoms with Crippen LogP contribution in [0.25, 0.3) is 31.3 Å². The molecule has 0 aliphatic heterocycles. The zero-order valence-corrected chi connectivity index (χ0v) is 22.7. The second-order valence-corrected chi connectivity index (χ2v) is 13.4. The Bertz CT molecular complexity index is 1620. The van der Waals surface area contributed by atoms with Crippen LogP contribution in [0.4, 0.5) is 0 Å². The molecule has 35 heavy (non-hydrogen) atoms. The van der Waals surface area contributed by atoms with E-state index in [4.69, 9.17) is 0 Å². The molecule has 0 spiro atoms. The van der Waals surface area contributed by atoms with Gasteiger partial charge in [0, 0.05) is 31.0 Å². The summed E-state index contributed by atoms with van der Waals surface area (Å²) in [5, 5.41) is 2.82. The van der Waals surface area contributed by atoms with Gasteiger partial charge in [0.25, 0.3) is 0 Å². The van der Waals surface area contributed by atoms with Crippen molar-refractivity contribution in [3.63, 3.8) is 0 Å². The maximum atomic E-state index is 2.47. The van der Waals surface area contributed by atoms with Crippen molar-refractivity contribution >= 4 is 31.5 Å². The van der Waals surface area contributed by atoms with Crippen LogP contribution in [0.1, 0.15) is 76.3 Å². The fraction of sp³-hybridized carbons (Fsp3) is 0.294. The van der Waals surface area contributed by atoms with E-state index in [2.05, 4.69) is 127 Å². The molecule has 1 aliphatic carbocycles. The number of benzene rings is 4. The van der Waals surface area contributed by atoms with Gasteiger partial charge in [0.05, 0.1) is 0 Å². The molecule has 0 fully saturated rings. The van der Waals surface area contributed by atoms with Crippen LogP contribution in [0.3, 0.4) is 0 Å². The number of fused-ring (bicyclic) bond motifs is 6. The smallest absolute Gasteiger partial charge is 0.0358 e. The summed E-state index contributed by atoms with van der Waals surface area (Å²) in [7, 11) is 0. The third-order valence-electron chi connectivity index (χ3n) is 8.33. The second-order valence-electron chi connectivity index (χ2n) is 12.3.